The predicted octanol–water partition coefficient (Wildman–Crippen LogP) is 2.55. The summed E-state index contributed by atoms with van der Waals surface area (Å²) < 4.78 is 28.5. The second-order valence-electron chi connectivity index (χ2n) is 7.86. The van der Waals surface area contributed by atoms with Crippen LogP contribution >= 0.6 is 15.9 Å². The Balaban J connectivity index is 1.70. The average molecular weight is 508 g/mol. The fourth-order valence-corrected chi connectivity index (χ4v) is 4.68. The molecule has 0 aliphatic carbocycles. The Kier molecular flexibility index (Phi) is 5.95. The van der Waals surface area contributed by atoms with E-state index in [-0.39, 0.29) is 4.90 Å². The molecule has 3 heterocycles. The number of hydrogen-bond acceptors (Lipinski definition) is 7. The largest absolute Gasteiger partial charge is 0.354 e. The molecule has 0 bridgehead atoms. The van der Waals surface area contributed by atoms with Gasteiger partial charge >= 0.3 is 0 Å². The third-order valence-electron chi connectivity index (χ3n) is 5.41. The molecule has 1 saturated heterocycles. The lowest BCUT2D eigenvalue weighted by atomic mass is 10.3. The number of likely N-dealkylation sites (N-methyl/N-ethyl adjacent to an activating group) is 1. The highest BCUT2D eigenvalue weighted by molar-refractivity contribution is 9.10. The quantitative estimate of drug-likeness (QED) is 0.567. The Hall–Kier alpha value is -2.21. The van der Waals surface area contributed by atoms with Crippen molar-refractivity contribution in [3.8, 4) is 0 Å². The summed E-state index contributed by atoms with van der Waals surface area (Å²) in [5, 5.41) is 7.98. The van der Waals surface area contributed by atoms with Crippen molar-refractivity contribution in [2.75, 3.05) is 57.5 Å². The van der Waals surface area contributed by atoms with Gasteiger partial charge in [0.05, 0.1) is 15.1 Å². The maximum absolute atomic E-state index is 12.3. The van der Waals surface area contributed by atoms with Gasteiger partial charge in [-0.15, -0.1) is 0 Å². The molecule has 1 fully saturated rings. The zero-order chi connectivity index (χ0) is 22.3. The lowest BCUT2D eigenvalue weighted by molar-refractivity contribution is 0.312. The third kappa shape index (κ3) is 4.27. The van der Waals surface area contributed by atoms with E-state index in [0.717, 1.165) is 59.3 Å². The van der Waals surface area contributed by atoms with Crippen LogP contribution in [0.2, 0.25) is 0 Å². The van der Waals surface area contributed by atoms with Crippen LogP contribution in [0.4, 0.5) is 17.3 Å². The number of halogens is 1. The average Bonchev–Trinajstić information content (AvgIpc) is 3.03. The molecule has 1 N–H and O–H groups in total. The number of sulfonamides is 1. The number of aryl methyl sites for hydroxylation is 1. The van der Waals surface area contributed by atoms with Crippen molar-refractivity contribution in [1.29, 1.82) is 0 Å². The van der Waals surface area contributed by atoms with E-state index >= 15 is 0 Å². The highest BCUT2D eigenvalue weighted by Gasteiger charge is 2.20. The van der Waals surface area contributed by atoms with Crippen molar-refractivity contribution in [3.05, 3.63) is 40.5 Å². The normalized spacial score (nSPS) is 15.7. The molecule has 4 rings (SSSR count). The van der Waals surface area contributed by atoms with Gasteiger partial charge in [-0.25, -0.2) is 17.7 Å². The SMILES string of the molecule is Cc1nn2c(Nc3ccc(S(=O)(=O)N(C)C)cc3)cc(N3CCN(C)CC3)nc2c1Br. The predicted molar refractivity (Wildman–Crippen MR) is 126 cm³/mol. The number of nitrogens with zero attached hydrogens (tertiary/aromatic N) is 6. The molecule has 1 aromatic carbocycles. The molecule has 9 nitrogen and oxygen atoms in total. The number of hydrogen-bond donors (Lipinski definition) is 1. The van der Waals surface area contributed by atoms with Crippen molar-refractivity contribution < 1.29 is 8.42 Å². The monoisotopic (exact) mass is 507 g/mol. The van der Waals surface area contributed by atoms with E-state index < -0.39 is 10.0 Å². The van der Waals surface area contributed by atoms with Gasteiger partial charge in [-0.1, -0.05) is 0 Å². The number of rotatable bonds is 5. The first-order valence-electron chi connectivity index (χ1n) is 9.96. The van der Waals surface area contributed by atoms with Crippen LogP contribution in [-0.4, -0.2) is 79.5 Å². The number of benzene rings is 1. The van der Waals surface area contributed by atoms with Crippen molar-refractivity contribution in [2.45, 2.75) is 11.8 Å². The fourth-order valence-electron chi connectivity index (χ4n) is 3.44. The highest BCUT2D eigenvalue weighted by atomic mass is 79.9. The van der Waals surface area contributed by atoms with Gasteiger partial charge in [0.25, 0.3) is 0 Å². The lowest BCUT2D eigenvalue weighted by Gasteiger charge is -2.33. The Morgan fingerprint density at radius 1 is 1.10 bits per heavy atom. The van der Waals surface area contributed by atoms with Crippen molar-refractivity contribution in [1.82, 2.24) is 23.8 Å². The molecule has 0 spiro atoms. The van der Waals surface area contributed by atoms with Crippen LogP contribution in [0.15, 0.2) is 39.7 Å². The molecule has 0 amide bonds. The summed E-state index contributed by atoms with van der Waals surface area (Å²) in [6.45, 7) is 5.70. The summed E-state index contributed by atoms with van der Waals surface area (Å²) in [6.07, 6.45) is 0. The van der Waals surface area contributed by atoms with Gasteiger partial charge in [-0.05, 0) is 54.2 Å². The lowest BCUT2D eigenvalue weighted by Crippen LogP contribution is -2.44. The molecular weight excluding hydrogens is 482 g/mol. The second kappa shape index (κ2) is 8.38. The smallest absolute Gasteiger partial charge is 0.242 e. The number of fused-ring (bicyclic) bond motifs is 1. The zero-order valence-electron chi connectivity index (χ0n) is 18.0. The van der Waals surface area contributed by atoms with Gasteiger partial charge < -0.3 is 15.1 Å². The first kappa shape index (κ1) is 22.0. The Morgan fingerprint density at radius 2 is 1.74 bits per heavy atom. The number of nitrogens with one attached hydrogen (secondary N) is 1. The van der Waals surface area contributed by atoms with Crippen LogP contribution in [0, 0.1) is 6.92 Å². The van der Waals surface area contributed by atoms with Crippen LogP contribution < -0.4 is 10.2 Å². The summed E-state index contributed by atoms with van der Waals surface area (Å²) in [6, 6.07) is 8.69. The Morgan fingerprint density at radius 3 is 2.35 bits per heavy atom. The maximum Gasteiger partial charge on any atom is 0.242 e. The van der Waals surface area contributed by atoms with Crippen molar-refractivity contribution in [3.63, 3.8) is 0 Å². The van der Waals surface area contributed by atoms with E-state index in [1.807, 2.05) is 13.0 Å². The zero-order valence-corrected chi connectivity index (χ0v) is 20.4. The van der Waals surface area contributed by atoms with E-state index in [2.05, 4.69) is 43.2 Å². The standard InChI is InChI=1S/C20H26BrN7O2S/c1-14-19(21)20-23-17(27-11-9-26(4)10-12-27)13-18(28(20)24-14)22-15-5-7-16(8-6-15)31(29,30)25(2)3/h5-8,13,22H,9-12H2,1-4H3. The summed E-state index contributed by atoms with van der Waals surface area (Å²) in [7, 11) is 1.70. The third-order valence-corrected chi connectivity index (χ3v) is 8.17. The van der Waals surface area contributed by atoms with E-state index in [1.165, 1.54) is 18.4 Å². The van der Waals surface area contributed by atoms with E-state index in [1.54, 1.807) is 28.8 Å². The Bertz CT molecular complexity index is 1200. The van der Waals surface area contributed by atoms with Crippen LogP contribution in [0.1, 0.15) is 5.69 Å². The molecule has 11 heteroatoms. The molecule has 0 unspecified atom stereocenters. The van der Waals surface area contributed by atoms with Gasteiger partial charge in [0.1, 0.15) is 11.6 Å². The first-order valence-corrected chi connectivity index (χ1v) is 12.2. The van der Waals surface area contributed by atoms with Crippen molar-refractivity contribution >= 4 is 48.9 Å². The summed E-state index contributed by atoms with van der Waals surface area (Å²) in [5.74, 6) is 1.64. The topological polar surface area (TPSA) is 86.1 Å². The molecule has 0 radical (unpaired) electrons. The molecule has 0 saturated carbocycles. The van der Waals surface area contributed by atoms with E-state index in [0.29, 0.717) is 0 Å². The van der Waals surface area contributed by atoms with Crippen LogP contribution in [0.3, 0.4) is 0 Å². The van der Waals surface area contributed by atoms with Crippen LogP contribution in [0.5, 0.6) is 0 Å². The minimum absolute atomic E-state index is 0.249. The molecule has 2 aromatic heterocycles. The van der Waals surface area contributed by atoms with Gasteiger partial charge in [-0.3, -0.25) is 0 Å². The molecule has 31 heavy (non-hydrogen) atoms. The first-order chi connectivity index (χ1) is 14.7. The highest BCUT2D eigenvalue weighted by Crippen LogP contribution is 2.29. The minimum atomic E-state index is -3.47. The molecule has 1 aliphatic rings. The molecule has 1 aliphatic heterocycles. The summed E-state index contributed by atoms with van der Waals surface area (Å²) in [5.41, 5.74) is 2.35. The number of piperazine rings is 1. The van der Waals surface area contributed by atoms with Gasteiger partial charge in [0.2, 0.25) is 10.0 Å². The number of anilines is 3. The Labute approximate surface area is 190 Å². The molecule has 0 atom stereocenters. The molecule has 166 valence electrons. The van der Waals surface area contributed by atoms with Crippen molar-refractivity contribution in [2.24, 2.45) is 0 Å². The summed E-state index contributed by atoms with van der Waals surface area (Å²) in [4.78, 5) is 9.67. The maximum atomic E-state index is 12.3. The summed E-state index contributed by atoms with van der Waals surface area (Å²) >= 11 is 3.61. The van der Waals surface area contributed by atoms with Gasteiger partial charge in [0, 0.05) is 52.0 Å². The van der Waals surface area contributed by atoms with Crippen LogP contribution in [-0.2, 0) is 10.0 Å². The van der Waals surface area contributed by atoms with Gasteiger partial charge in [-0.2, -0.15) is 9.61 Å². The number of aromatic nitrogens is 3. The molecular formula is C20H26BrN7O2S. The minimum Gasteiger partial charge on any atom is -0.354 e. The second-order valence-corrected chi connectivity index (χ2v) is 10.8. The van der Waals surface area contributed by atoms with E-state index in [4.69, 9.17) is 4.98 Å². The van der Waals surface area contributed by atoms with Crippen LogP contribution in [0.25, 0.3) is 5.65 Å². The van der Waals surface area contributed by atoms with E-state index in [9.17, 15) is 8.42 Å². The van der Waals surface area contributed by atoms with Gasteiger partial charge in [0.15, 0.2) is 5.65 Å². The fraction of sp³-hybridized carbons (Fsp3) is 0.400. The molecule has 3 aromatic rings.